The number of para-hydroxylation sites is 1. The number of carbonyl (C=O) groups is 1. The minimum Gasteiger partial charge on any atom is -0.491 e. The highest BCUT2D eigenvalue weighted by Crippen LogP contribution is 2.23. The third kappa shape index (κ3) is 5.27. The molecule has 0 radical (unpaired) electrons. The summed E-state index contributed by atoms with van der Waals surface area (Å²) in [4.78, 5) is 16.7. The maximum absolute atomic E-state index is 12.3. The highest BCUT2D eigenvalue weighted by Gasteiger charge is 2.16. The third-order valence-electron chi connectivity index (χ3n) is 5.04. The summed E-state index contributed by atoms with van der Waals surface area (Å²) < 4.78 is 17.1. The first-order valence-corrected chi connectivity index (χ1v) is 10.4. The van der Waals surface area contributed by atoms with Crippen LogP contribution in [0.5, 0.6) is 11.5 Å². The maximum atomic E-state index is 12.3. The van der Waals surface area contributed by atoms with Crippen LogP contribution in [-0.2, 0) is 4.74 Å². The van der Waals surface area contributed by atoms with Crippen molar-refractivity contribution in [3.05, 3.63) is 66.4 Å². The number of aromatic nitrogens is 1. The first-order valence-electron chi connectivity index (χ1n) is 10.4. The van der Waals surface area contributed by atoms with Gasteiger partial charge in [0.05, 0.1) is 12.7 Å². The van der Waals surface area contributed by atoms with E-state index in [1.54, 1.807) is 18.3 Å². The van der Waals surface area contributed by atoms with Crippen molar-refractivity contribution in [2.45, 2.75) is 25.4 Å². The molecule has 6 nitrogen and oxygen atoms in total. The van der Waals surface area contributed by atoms with Crippen molar-refractivity contribution < 1.29 is 19.0 Å². The Morgan fingerprint density at radius 1 is 1.10 bits per heavy atom. The van der Waals surface area contributed by atoms with Crippen LogP contribution in [0.4, 0.5) is 0 Å². The molecule has 2 aromatic carbocycles. The van der Waals surface area contributed by atoms with Crippen molar-refractivity contribution in [3.63, 3.8) is 0 Å². The Balaban J connectivity index is 1.18. The Kier molecular flexibility index (Phi) is 6.77. The molecule has 1 fully saturated rings. The Labute approximate surface area is 176 Å². The van der Waals surface area contributed by atoms with Crippen molar-refractivity contribution in [1.29, 1.82) is 0 Å². The largest absolute Gasteiger partial charge is 0.491 e. The van der Waals surface area contributed by atoms with Crippen LogP contribution in [0.2, 0.25) is 0 Å². The molecule has 2 heterocycles. The van der Waals surface area contributed by atoms with E-state index in [-0.39, 0.29) is 12.0 Å². The zero-order chi connectivity index (χ0) is 20.6. The van der Waals surface area contributed by atoms with Gasteiger partial charge in [-0.1, -0.05) is 18.2 Å². The quantitative estimate of drug-likeness (QED) is 0.544. The minimum absolute atomic E-state index is 0.104. The van der Waals surface area contributed by atoms with Crippen molar-refractivity contribution in [1.82, 2.24) is 10.3 Å². The van der Waals surface area contributed by atoms with E-state index < -0.39 is 0 Å². The SMILES string of the molecule is O=C(NCCCOc1cccc2cccnc12)c1ccc(OCC2CCCO2)cc1. The number of nitrogens with one attached hydrogen (secondary N) is 1. The molecule has 1 aliphatic rings. The first-order chi connectivity index (χ1) is 14.8. The second-order valence-electron chi connectivity index (χ2n) is 7.26. The zero-order valence-corrected chi connectivity index (χ0v) is 16.9. The van der Waals surface area contributed by atoms with Gasteiger partial charge < -0.3 is 19.5 Å². The van der Waals surface area contributed by atoms with Gasteiger partial charge in [0.1, 0.15) is 23.6 Å². The second kappa shape index (κ2) is 10.1. The van der Waals surface area contributed by atoms with Gasteiger partial charge in [0, 0.05) is 30.3 Å². The van der Waals surface area contributed by atoms with E-state index in [0.29, 0.717) is 31.7 Å². The normalized spacial score (nSPS) is 15.8. The molecular formula is C24H26N2O4. The summed E-state index contributed by atoms with van der Waals surface area (Å²) in [5, 5.41) is 3.97. The number of hydrogen-bond acceptors (Lipinski definition) is 5. The van der Waals surface area contributed by atoms with Crippen LogP contribution in [0.15, 0.2) is 60.8 Å². The molecule has 4 rings (SSSR count). The van der Waals surface area contributed by atoms with Crippen molar-refractivity contribution >= 4 is 16.8 Å². The number of amides is 1. The number of rotatable bonds is 9. The Bertz CT molecular complexity index is 963. The van der Waals surface area contributed by atoms with E-state index in [0.717, 1.165) is 41.9 Å². The molecule has 156 valence electrons. The highest BCUT2D eigenvalue weighted by atomic mass is 16.5. The molecule has 1 amide bonds. The second-order valence-corrected chi connectivity index (χ2v) is 7.26. The van der Waals surface area contributed by atoms with E-state index in [4.69, 9.17) is 14.2 Å². The fraction of sp³-hybridized carbons (Fsp3) is 0.333. The molecule has 1 unspecified atom stereocenters. The van der Waals surface area contributed by atoms with Gasteiger partial charge in [-0.15, -0.1) is 0 Å². The summed E-state index contributed by atoms with van der Waals surface area (Å²) >= 11 is 0. The molecule has 1 saturated heterocycles. The zero-order valence-electron chi connectivity index (χ0n) is 16.9. The summed E-state index contributed by atoms with van der Waals surface area (Å²) in [6.45, 7) is 2.41. The van der Waals surface area contributed by atoms with E-state index in [9.17, 15) is 4.79 Å². The lowest BCUT2D eigenvalue weighted by Gasteiger charge is -2.12. The van der Waals surface area contributed by atoms with E-state index in [1.807, 2.05) is 42.5 Å². The van der Waals surface area contributed by atoms with Gasteiger partial charge in [-0.25, -0.2) is 0 Å². The van der Waals surface area contributed by atoms with Crippen LogP contribution in [0.3, 0.4) is 0 Å². The summed E-state index contributed by atoms with van der Waals surface area (Å²) in [7, 11) is 0. The number of carbonyl (C=O) groups excluding carboxylic acids is 1. The van der Waals surface area contributed by atoms with Gasteiger partial charge in [-0.05, 0) is 55.7 Å². The average Bonchev–Trinajstić information content (AvgIpc) is 3.31. The van der Waals surface area contributed by atoms with Crippen LogP contribution in [-0.4, -0.2) is 43.4 Å². The summed E-state index contributed by atoms with van der Waals surface area (Å²) in [6.07, 6.45) is 4.78. The van der Waals surface area contributed by atoms with E-state index >= 15 is 0 Å². The van der Waals surface area contributed by atoms with Gasteiger partial charge in [0.2, 0.25) is 0 Å². The molecule has 30 heavy (non-hydrogen) atoms. The lowest BCUT2D eigenvalue weighted by Crippen LogP contribution is -2.25. The standard InChI is InChI=1S/C24H26N2O4/c27-24(19-9-11-20(12-10-19)30-17-21-7-3-15-28-21)26-14-4-16-29-22-8-1-5-18-6-2-13-25-23(18)22/h1-2,5-6,8-13,21H,3-4,7,14-17H2,(H,26,27). The number of nitrogens with zero attached hydrogens (tertiary/aromatic N) is 1. The number of ether oxygens (including phenoxy) is 3. The van der Waals surface area contributed by atoms with Crippen molar-refractivity contribution in [2.75, 3.05) is 26.4 Å². The molecule has 0 aliphatic carbocycles. The fourth-order valence-electron chi connectivity index (χ4n) is 3.42. The Hall–Kier alpha value is -3.12. The first kappa shape index (κ1) is 20.2. The molecule has 1 N–H and O–H groups in total. The van der Waals surface area contributed by atoms with Crippen molar-refractivity contribution in [2.24, 2.45) is 0 Å². The lowest BCUT2D eigenvalue weighted by molar-refractivity contribution is 0.0679. The summed E-state index contributed by atoms with van der Waals surface area (Å²) in [5.41, 5.74) is 1.46. The molecular weight excluding hydrogens is 380 g/mol. The summed E-state index contributed by atoms with van der Waals surface area (Å²) in [6, 6.07) is 17.0. The van der Waals surface area contributed by atoms with Crippen LogP contribution in [0.1, 0.15) is 29.6 Å². The lowest BCUT2D eigenvalue weighted by atomic mass is 10.2. The maximum Gasteiger partial charge on any atom is 0.251 e. The topological polar surface area (TPSA) is 69.7 Å². The Morgan fingerprint density at radius 3 is 2.80 bits per heavy atom. The van der Waals surface area contributed by atoms with Crippen LogP contribution in [0.25, 0.3) is 10.9 Å². The van der Waals surface area contributed by atoms with Crippen molar-refractivity contribution in [3.8, 4) is 11.5 Å². The monoisotopic (exact) mass is 406 g/mol. The molecule has 3 aromatic rings. The van der Waals surface area contributed by atoms with Crippen LogP contribution < -0.4 is 14.8 Å². The van der Waals surface area contributed by atoms with Crippen LogP contribution >= 0.6 is 0 Å². The van der Waals surface area contributed by atoms with Gasteiger partial charge in [-0.2, -0.15) is 0 Å². The number of benzene rings is 2. The van der Waals surface area contributed by atoms with Crippen LogP contribution in [0, 0.1) is 0 Å². The number of pyridine rings is 1. The number of hydrogen-bond donors (Lipinski definition) is 1. The molecule has 0 bridgehead atoms. The number of fused-ring (bicyclic) bond motifs is 1. The molecule has 1 aromatic heterocycles. The Morgan fingerprint density at radius 2 is 1.97 bits per heavy atom. The fourth-order valence-corrected chi connectivity index (χ4v) is 3.42. The van der Waals surface area contributed by atoms with E-state index in [2.05, 4.69) is 10.3 Å². The molecule has 1 aliphatic heterocycles. The van der Waals surface area contributed by atoms with Gasteiger partial charge in [0.15, 0.2) is 0 Å². The summed E-state index contributed by atoms with van der Waals surface area (Å²) in [5.74, 6) is 1.41. The van der Waals surface area contributed by atoms with E-state index in [1.165, 1.54) is 0 Å². The molecule has 0 saturated carbocycles. The van der Waals surface area contributed by atoms with Gasteiger partial charge in [-0.3, -0.25) is 9.78 Å². The highest BCUT2D eigenvalue weighted by molar-refractivity contribution is 5.94. The third-order valence-corrected chi connectivity index (χ3v) is 5.04. The average molecular weight is 406 g/mol. The molecule has 6 heteroatoms. The van der Waals surface area contributed by atoms with Gasteiger partial charge in [0.25, 0.3) is 5.91 Å². The van der Waals surface area contributed by atoms with Gasteiger partial charge >= 0.3 is 0 Å². The predicted molar refractivity (Wildman–Crippen MR) is 115 cm³/mol. The molecule has 1 atom stereocenters. The molecule has 0 spiro atoms. The predicted octanol–water partition coefficient (Wildman–Crippen LogP) is 3.99. The minimum atomic E-state index is -0.104. The smallest absolute Gasteiger partial charge is 0.251 e.